The van der Waals surface area contributed by atoms with E-state index >= 15 is 4.39 Å². The molecule has 0 saturated carbocycles. The Morgan fingerprint density at radius 1 is 1.09 bits per heavy atom. The van der Waals surface area contributed by atoms with Gasteiger partial charge in [0.25, 0.3) is 5.91 Å². The zero-order valence-electron chi connectivity index (χ0n) is 18.8. The lowest BCUT2D eigenvalue weighted by Gasteiger charge is -2.32. The molecule has 2 aliphatic rings. The van der Waals surface area contributed by atoms with E-state index in [1.165, 1.54) is 17.4 Å². The highest BCUT2D eigenvalue weighted by Gasteiger charge is 2.29. The number of thiazole rings is 1. The molecule has 10 heteroatoms. The first kappa shape index (κ1) is 21.5. The lowest BCUT2D eigenvalue weighted by Crippen LogP contribution is -2.48. The maximum atomic E-state index is 15.3. The molecule has 34 heavy (non-hydrogen) atoms. The summed E-state index contributed by atoms with van der Waals surface area (Å²) in [7, 11) is 2.01. The molecule has 176 valence electrons. The van der Waals surface area contributed by atoms with Gasteiger partial charge in [0, 0.05) is 39.3 Å². The minimum atomic E-state index is -0.566. The first-order valence-electron chi connectivity index (χ1n) is 11.4. The average molecular weight is 482 g/mol. The van der Waals surface area contributed by atoms with E-state index in [2.05, 4.69) is 9.88 Å². The van der Waals surface area contributed by atoms with Crippen molar-refractivity contribution in [1.82, 2.24) is 19.2 Å². The predicted molar refractivity (Wildman–Crippen MR) is 131 cm³/mol. The van der Waals surface area contributed by atoms with Crippen molar-refractivity contribution in [1.29, 1.82) is 0 Å². The van der Waals surface area contributed by atoms with Crippen LogP contribution in [0.25, 0.3) is 26.1 Å². The van der Waals surface area contributed by atoms with Crippen molar-refractivity contribution in [2.75, 3.05) is 64.4 Å². The summed E-state index contributed by atoms with van der Waals surface area (Å²) in [5.74, 6) is -0.664. The van der Waals surface area contributed by atoms with E-state index in [0.717, 1.165) is 23.3 Å². The van der Waals surface area contributed by atoms with Crippen LogP contribution in [0.15, 0.2) is 35.1 Å². The summed E-state index contributed by atoms with van der Waals surface area (Å²) in [6, 6.07) is 8.97. The standard InChI is InChI=1S/C24H24FN5O3S/c1-27-6-8-29(9-7-27)23(32)19-20(31)15-14-16(25)22(28-10-12-33-13-11-28)26-21(15)30-17-4-2-3-5-18(17)34-24(19)30/h2-5,14H,6-13H2,1H3. The van der Waals surface area contributed by atoms with Crippen LogP contribution in [0.2, 0.25) is 0 Å². The highest BCUT2D eigenvalue weighted by atomic mass is 32.1. The molecule has 1 aromatic carbocycles. The molecule has 0 radical (unpaired) electrons. The van der Waals surface area contributed by atoms with Gasteiger partial charge in [-0.1, -0.05) is 12.1 Å². The molecule has 2 aliphatic heterocycles. The number of pyridine rings is 2. The highest BCUT2D eigenvalue weighted by Crippen LogP contribution is 2.32. The normalized spacial score (nSPS) is 17.8. The summed E-state index contributed by atoms with van der Waals surface area (Å²) >= 11 is 1.39. The maximum absolute atomic E-state index is 15.3. The highest BCUT2D eigenvalue weighted by molar-refractivity contribution is 7.24. The summed E-state index contributed by atoms with van der Waals surface area (Å²) in [5, 5.41) is 0.119. The van der Waals surface area contributed by atoms with Crippen LogP contribution in [-0.4, -0.2) is 84.6 Å². The van der Waals surface area contributed by atoms with E-state index < -0.39 is 11.2 Å². The van der Waals surface area contributed by atoms with Gasteiger partial charge in [-0.2, -0.15) is 0 Å². The Hall–Kier alpha value is -3.08. The fourth-order valence-corrected chi connectivity index (χ4v) is 5.93. The van der Waals surface area contributed by atoms with Crippen molar-refractivity contribution >= 4 is 49.1 Å². The van der Waals surface area contributed by atoms with Gasteiger partial charge in [0.2, 0.25) is 5.43 Å². The first-order valence-corrected chi connectivity index (χ1v) is 12.2. The number of carbonyl (C=O) groups excluding carboxylic acids is 1. The van der Waals surface area contributed by atoms with Crippen LogP contribution in [0, 0.1) is 5.82 Å². The van der Waals surface area contributed by atoms with Crippen LogP contribution >= 0.6 is 11.3 Å². The zero-order chi connectivity index (χ0) is 23.4. The monoisotopic (exact) mass is 481 g/mol. The summed E-state index contributed by atoms with van der Waals surface area (Å²) in [5.41, 5.74) is 0.839. The molecule has 0 unspecified atom stereocenters. The third-order valence-corrected chi connectivity index (χ3v) is 7.81. The van der Waals surface area contributed by atoms with Gasteiger partial charge in [0.1, 0.15) is 10.4 Å². The van der Waals surface area contributed by atoms with Crippen LogP contribution in [0.4, 0.5) is 10.2 Å². The molecule has 1 amide bonds. The molecule has 5 heterocycles. The number of benzene rings is 1. The number of aromatic nitrogens is 2. The number of rotatable bonds is 2. The Balaban J connectivity index is 1.63. The quantitative estimate of drug-likeness (QED) is 0.438. The Kier molecular flexibility index (Phi) is 5.23. The number of hydrogen-bond donors (Lipinski definition) is 0. The minimum Gasteiger partial charge on any atom is -0.378 e. The molecule has 2 saturated heterocycles. The number of piperazine rings is 1. The van der Waals surface area contributed by atoms with Gasteiger partial charge < -0.3 is 19.4 Å². The van der Waals surface area contributed by atoms with Gasteiger partial charge in [-0.15, -0.1) is 11.3 Å². The van der Waals surface area contributed by atoms with Crippen LogP contribution in [0.1, 0.15) is 10.4 Å². The number of hydrogen-bond acceptors (Lipinski definition) is 7. The molecule has 8 nitrogen and oxygen atoms in total. The number of carbonyl (C=O) groups is 1. The van der Waals surface area contributed by atoms with Crippen molar-refractivity contribution < 1.29 is 13.9 Å². The zero-order valence-corrected chi connectivity index (χ0v) is 19.6. The molecule has 3 aromatic heterocycles. The lowest BCUT2D eigenvalue weighted by molar-refractivity contribution is 0.0665. The lowest BCUT2D eigenvalue weighted by atomic mass is 10.1. The molecular formula is C24H24FN5O3S. The van der Waals surface area contributed by atoms with E-state index in [-0.39, 0.29) is 22.7 Å². The van der Waals surface area contributed by atoms with E-state index in [1.807, 2.05) is 40.6 Å². The molecule has 2 fully saturated rings. The molecular weight excluding hydrogens is 457 g/mol. The van der Waals surface area contributed by atoms with E-state index in [0.29, 0.717) is 49.9 Å². The van der Waals surface area contributed by atoms with Gasteiger partial charge in [-0.05, 0) is 25.2 Å². The molecule has 6 rings (SSSR count). The predicted octanol–water partition coefficient (Wildman–Crippen LogP) is 2.43. The minimum absolute atomic E-state index is 0.0959. The molecule has 0 aliphatic carbocycles. The van der Waals surface area contributed by atoms with Crippen molar-refractivity contribution in [2.45, 2.75) is 0 Å². The van der Waals surface area contributed by atoms with Gasteiger partial charge >= 0.3 is 0 Å². The molecule has 0 N–H and O–H groups in total. The van der Waals surface area contributed by atoms with E-state index in [1.54, 1.807) is 4.90 Å². The van der Waals surface area contributed by atoms with Crippen molar-refractivity contribution in [3.8, 4) is 0 Å². The number of morpholine rings is 1. The first-order chi connectivity index (χ1) is 16.5. The number of para-hydroxylation sites is 1. The average Bonchev–Trinajstić information content (AvgIpc) is 3.24. The molecule has 0 spiro atoms. The number of ether oxygens (including phenoxy) is 1. The summed E-state index contributed by atoms with van der Waals surface area (Å²) in [4.78, 5) is 38.3. The Labute approximate surface area is 198 Å². The van der Waals surface area contributed by atoms with Crippen molar-refractivity contribution in [2.24, 2.45) is 0 Å². The Morgan fingerprint density at radius 2 is 1.82 bits per heavy atom. The van der Waals surface area contributed by atoms with Crippen LogP contribution < -0.4 is 10.3 Å². The number of likely N-dealkylation sites (N-methyl/N-ethyl adjacent to an activating group) is 1. The summed E-state index contributed by atoms with van der Waals surface area (Å²) < 4.78 is 23.4. The third kappa shape index (κ3) is 3.36. The van der Waals surface area contributed by atoms with Crippen LogP contribution in [-0.2, 0) is 4.74 Å². The van der Waals surface area contributed by atoms with Gasteiger partial charge in [0.05, 0.1) is 28.8 Å². The van der Waals surface area contributed by atoms with Crippen LogP contribution in [0.3, 0.4) is 0 Å². The smallest absolute Gasteiger partial charge is 0.260 e. The fourth-order valence-electron chi connectivity index (χ4n) is 4.75. The van der Waals surface area contributed by atoms with E-state index in [4.69, 9.17) is 4.74 Å². The van der Waals surface area contributed by atoms with Gasteiger partial charge in [-0.3, -0.25) is 14.0 Å². The summed E-state index contributed by atoms with van der Waals surface area (Å²) in [6.45, 7) is 4.63. The summed E-state index contributed by atoms with van der Waals surface area (Å²) in [6.07, 6.45) is 0. The van der Waals surface area contributed by atoms with Crippen molar-refractivity contribution in [3.63, 3.8) is 0 Å². The number of anilines is 1. The van der Waals surface area contributed by atoms with Gasteiger partial charge in [0.15, 0.2) is 17.3 Å². The number of nitrogens with zero attached hydrogens (tertiary/aromatic N) is 5. The van der Waals surface area contributed by atoms with Gasteiger partial charge in [-0.25, -0.2) is 9.37 Å². The van der Waals surface area contributed by atoms with Crippen LogP contribution in [0.5, 0.6) is 0 Å². The fraction of sp³-hybridized carbons (Fsp3) is 0.375. The number of amides is 1. The Morgan fingerprint density at radius 3 is 2.59 bits per heavy atom. The van der Waals surface area contributed by atoms with Crippen molar-refractivity contribution in [3.05, 3.63) is 51.9 Å². The molecule has 0 atom stereocenters. The second-order valence-corrected chi connectivity index (χ2v) is 9.80. The second-order valence-electron chi connectivity index (χ2n) is 8.77. The SMILES string of the molecule is CN1CCN(C(=O)c2c(=O)c3cc(F)c(N4CCOCC4)nc3n3c2sc2ccccc23)CC1. The largest absolute Gasteiger partial charge is 0.378 e. The topological polar surface area (TPSA) is 70.4 Å². The Bertz CT molecular complexity index is 1490. The maximum Gasteiger partial charge on any atom is 0.260 e. The molecule has 0 bridgehead atoms. The molecule has 4 aromatic rings. The number of fused-ring (bicyclic) bond motifs is 5. The second kappa shape index (κ2) is 8.30. The third-order valence-electron chi connectivity index (χ3n) is 6.67. The van der Waals surface area contributed by atoms with E-state index in [9.17, 15) is 9.59 Å². The number of halogens is 1.